The van der Waals surface area contributed by atoms with Crippen LogP contribution in [0.3, 0.4) is 0 Å². The molecule has 2 nitrogen and oxygen atoms in total. The van der Waals surface area contributed by atoms with E-state index in [0.29, 0.717) is 10.0 Å². The first-order chi connectivity index (χ1) is 9.13. The Morgan fingerprint density at radius 2 is 2.21 bits per heavy atom. The zero-order chi connectivity index (χ0) is 13.4. The van der Waals surface area contributed by atoms with Crippen molar-refractivity contribution >= 4 is 34.5 Å². The molecule has 0 aliphatic heterocycles. The van der Waals surface area contributed by atoms with Gasteiger partial charge in [0, 0.05) is 17.8 Å². The second-order valence-electron chi connectivity index (χ2n) is 5.87. The van der Waals surface area contributed by atoms with E-state index in [0.717, 1.165) is 35.5 Å². The van der Waals surface area contributed by atoms with Crippen LogP contribution in [-0.2, 0) is 0 Å². The van der Waals surface area contributed by atoms with Crippen molar-refractivity contribution in [3.63, 3.8) is 0 Å². The molecule has 2 aliphatic rings. The maximum absolute atomic E-state index is 6.18. The van der Waals surface area contributed by atoms with Gasteiger partial charge in [-0.25, -0.2) is 0 Å². The van der Waals surface area contributed by atoms with Crippen LogP contribution in [0.15, 0.2) is 18.2 Å². The molecule has 102 valence electrons. The Labute approximate surface area is 124 Å². The van der Waals surface area contributed by atoms with Gasteiger partial charge in [0.2, 0.25) is 0 Å². The van der Waals surface area contributed by atoms with Crippen LogP contribution in [0.25, 0.3) is 0 Å². The summed E-state index contributed by atoms with van der Waals surface area (Å²) in [5, 5.41) is 4.14. The normalized spacial score (nSPS) is 28.6. The van der Waals surface area contributed by atoms with E-state index in [9.17, 15) is 0 Å². The van der Waals surface area contributed by atoms with Gasteiger partial charge in [-0.1, -0.05) is 30.2 Å². The van der Waals surface area contributed by atoms with Gasteiger partial charge in [-0.05, 0) is 55.2 Å². The predicted molar refractivity (Wildman–Crippen MR) is 84.8 cm³/mol. The molecule has 0 amide bonds. The van der Waals surface area contributed by atoms with Crippen LogP contribution in [0, 0.1) is 17.8 Å². The Balaban J connectivity index is 1.61. The van der Waals surface area contributed by atoms with Crippen LogP contribution in [0.1, 0.15) is 31.2 Å². The number of hydrogen-bond donors (Lipinski definition) is 2. The van der Waals surface area contributed by atoms with Gasteiger partial charge in [-0.15, -0.1) is 0 Å². The lowest BCUT2D eigenvalue weighted by atomic mass is 9.89. The van der Waals surface area contributed by atoms with Crippen LogP contribution >= 0.6 is 23.8 Å². The van der Waals surface area contributed by atoms with Crippen molar-refractivity contribution in [1.29, 1.82) is 0 Å². The summed E-state index contributed by atoms with van der Waals surface area (Å²) in [7, 11) is 0. The lowest BCUT2D eigenvalue weighted by Gasteiger charge is -2.22. The maximum Gasteiger partial charge on any atom is 0.105 e. The summed E-state index contributed by atoms with van der Waals surface area (Å²) in [4.78, 5) is 0.352. The molecular weight excluding hydrogens is 276 g/mol. The molecule has 1 aromatic rings. The summed E-state index contributed by atoms with van der Waals surface area (Å²) in [5.41, 5.74) is 7.42. The summed E-state index contributed by atoms with van der Waals surface area (Å²) in [6.07, 6.45) is 5.73. The van der Waals surface area contributed by atoms with Crippen molar-refractivity contribution in [3.8, 4) is 0 Å². The van der Waals surface area contributed by atoms with Gasteiger partial charge in [-0.2, -0.15) is 0 Å². The molecule has 2 bridgehead atoms. The number of nitrogens with one attached hydrogen (secondary N) is 1. The minimum Gasteiger partial charge on any atom is -0.389 e. The quantitative estimate of drug-likeness (QED) is 0.829. The van der Waals surface area contributed by atoms with Crippen molar-refractivity contribution < 1.29 is 0 Å². The van der Waals surface area contributed by atoms with E-state index in [-0.39, 0.29) is 0 Å². The second-order valence-corrected chi connectivity index (χ2v) is 6.72. The molecule has 2 fully saturated rings. The Morgan fingerprint density at radius 3 is 2.79 bits per heavy atom. The summed E-state index contributed by atoms with van der Waals surface area (Å²) >= 11 is 11.1. The lowest BCUT2D eigenvalue weighted by molar-refractivity contribution is 0.348. The minimum absolute atomic E-state index is 0.352. The standard InChI is InChI=1S/C15H19ClN2S/c16-14-7-12(3-4-13(14)15(17)19)18-8-11-6-9-1-2-10(11)5-9/h3-4,7,9-11,18H,1-2,5-6,8H2,(H2,17,19). The van der Waals surface area contributed by atoms with E-state index in [4.69, 9.17) is 29.6 Å². The fourth-order valence-electron chi connectivity index (χ4n) is 3.70. The average molecular weight is 295 g/mol. The molecule has 3 rings (SSSR count). The van der Waals surface area contributed by atoms with Gasteiger partial charge in [0.05, 0.1) is 5.02 Å². The molecule has 0 radical (unpaired) electrons. The third-order valence-corrected chi connectivity index (χ3v) is 5.22. The lowest BCUT2D eigenvalue weighted by Crippen LogP contribution is -2.20. The first-order valence-corrected chi connectivity index (χ1v) is 7.75. The maximum atomic E-state index is 6.18. The topological polar surface area (TPSA) is 38.0 Å². The molecule has 2 saturated carbocycles. The highest BCUT2D eigenvalue weighted by Gasteiger charge is 2.38. The molecule has 4 heteroatoms. The van der Waals surface area contributed by atoms with Crippen molar-refractivity contribution in [1.82, 2.24) is 0 Å². The Bertz CT molecular complexity index is 503. The van der Waals surface area contributed by atoms with Crippen LogP contribution in [0.5, 0.6) is 0 Å². The molecule has 0 saturated heterocycles. The number of hydrogen-bond acceptors (Lipinski definition) is 2. The summed E-state index contributed by atoms with van der Waals surface area (Å²) in [6, 6.07) is 5.82. The van der Waals surface area contributed by atoms with Crippen molar-refractivity contribution in [3.05, 3.63) is 28.8 Å². The highest BCUT2D eigenvalue weighted by atomic mass is 35.5. The fourth-order valence-corrected chi connectivity index (χ4v) is 4.22. The molecule has 0 spiro atoms. The van der Waals surface area contributed by atoms with Gasteiger partial charge < -0.3 is 11.1 Å². The average Bonchev–Trinajstić information content (AvgIpc) is 2.98. The smallest absolute Gasteiger partial charge is 0.105 e. The zero-order valence-electron chi connectivity index (χ0n) is 10.9. The van der Waals surface area contributed by atoms with Gasteiger partial charge in [-0.3, -0.25) is 0 Å². The largest absolute Gasteiger partial charge is 0.389 e. The van der Waals surface area contributed by atoms with Crippen molar-refractivity contribution in [2.24, 2.45) is 23.5 Å². The monoisotopic (exact) mass is 294 g/mol. The highest BCUT2D eigenvalue weighted by molar-refractivity contribution is 7.80. The van der Waals surface area contributed by atoms with E-state index in [2.05, 4.69) is 5.32 Å². The van der Waals surface area contributed by atoms with Crippen molar-refractivity contribution in [2.45, 2.75) is 25.7 Å². The van der Waals surface area contributed by atoms with E-state index in [1.165, 1.54) is 25.7 Å². The number of nitrogens with two attached hydrogens (primary N) is 1. The van der Waals surface area contributed by atoms with Crippen LogP contribution < -0.4 is 11.1 Å². The Morgan fingerprint density at radius 1 is 1.37 bits per heavy atom. The molecule has 3 N–H and O–H groups in total. The molecule has 3 atom stereocenters. The van der Waals surface area contributed by atoms with E-state index in [1.54, 1.807) is 0 Å². The Kier molecular flexibility index (Phi) is 3.68. The van der Waals surface area contributed by atoms with E-state index in [1.807, 2.05) is 18.2 Å². The van der Waals surface area contributed by atoms with Crippen LogP contribution in [0.2, 0.25) is 5.02 Å². The van der Waals surface area contributed by atoms with Gasteiger partial charge in [0.1, 0.15) is 4.99 Å². The number of benzene rings is 1. The minimum atomic E-state index is 0.352. The van der Waals surface area contributed by atoms with Gasteiger partial charge in [0.25, 0.3) is 0 Å². The molecule has 3 unspecified atom stereocenters. The number of fused-ring (bicyclic) bond motifs is 2. The summed E-state index contributed by atoms with van der Waals surface area (Å²) < 4.78 is 0. The second kappa shape index (κ2) is 5.29. The SMILES string of the molecule is NC(=S)c1ccc(NCC2CC3CCC2C3)cc1Cl. The molecule has 1 aromatic carbocycles. The number of halogens is 1. The van der Waals surface area contributed by atoms with Crippen LogP contribution in [0.4, 0.5) is 5.69 Å². The number of anilines is 1. The molecular formula is C15H19ClN2S. The molecule has 19 heavy (non-hydrogen) atoms. The Hall–Kier alpha value is -0.800. The highest BCUT2D eigenvalue weighted by Crippen LogP contribution is 2.48. The van der Waals surface area contributed by atoms with Gasteiger partial charge >= 0.3 is 0 Å². The molecule has 2 aliphatic carbocycles. The van der Waals surface area contributed by atoms with E-state index >= 15 is 0 Å². The predicted octanol–water partition coefficient (Wildman–Crippen LogP) is 3.82. The zero-order valence-corrected chi connectivity index (χ0v) is 12.4. The fraction of sp³-hybridized carbons (Fsp3) is 0.533. The van der Waals surface area contributed by atoms with Crippen LogP contribution in [-0.4, -0.2) is 11.5 Å². The van der Waals surface area contributed by atoms with Crippen molar-refractivity contribution in [2.75, 3.05) is 11.9 Å². The first kappa shape index (κ1) is 13.2. The summed E-state index contributed by atoms with van der Waals surface area (Å²) in [6.45, 7) is 1.06. The summed E-state index contributed by atoms with van der Waals surface area (Å²) in [5.74, 6) is 2.79. The van der Waals surface area contributed by atoms with E-state index < -0.39 is 0 Å². The van der Waals surface area contributed by atoms with Gasteiger partial charge in [0.15, 0.2) is 0 Å². The third kappa shape index (κ3) is 2.72. The molecule has 0 aromatic heterocycles. The number of rotatable bonds is 4. The number of thiocarbonyl (C=S) groups is 1. The third-order valence-electron chi connectivity index (χ3n) is 4.69. The molecule has 0 heterocycles. The first-order valence-electron chi connectivity index (χ1n) is 6.96.